The minimum absolute atomic E-state index is 0.0533. The van der Waals surface area contributed by atoms with Crippen LogP contribution in [0.15, 0.2) is 48.2 Å². The van der Waals surface area contributed by atoms with Crippen LogP contribution in [-0.2, 0) is 9.59 Å². The molecule has 7 nitrogen and oxygen atoms in total. The Morgan fingerprint density at radius 1 is 1.40 bits per heavy atom. The van der Waals surface area contributed by atoms with E-state index in [0.717, 1.165) is 12.0 Å². The second-order valence-corrected chi connectivity index (χ2v) is 8.33. The van der Waals surface area contributed by atoms with Gasteiger partial charge < -0.3 is 15.5 Å². The second-order valence-electron chi connectivity index (χ2n) is 7.89. The van der Waals surface area contributed by atoms with Crippen LogP contribution in [0.3, 0.4) is 0 Å². The zero-order valence-corrected chi connectivity index (χ0v) is 18.0. The van der Waals surface area contributed by atoms with Crippen molar-refractivity contribution in [2.24, 2.45) is 5.92 Å². The molecule has 8 heteroatoms. The molecule has 0 aromatic heterocycles. The summed E-state index contributed by atoms with van der Waals surface area (Å²) in [6.45, 7) is 8.86. The molecule has 0 saturated carbocycles. The van der Waals surface area contributed by atoms with Gasteiger partial charge in [-0.25, -0.2) is 4.79 Å². The molecule has 0 bridgehead atoms. The van der Waals surface area contributed by atoms with Crippen molar-refractivity contribution in [3.05, 3.63) is 58.8 Å². The van der Waals surface area contributed by atoms with Crippen molar-refractivity contribution < 1.29 is 14.4 Å². The Morgan fingerprint density at radius 2 is 2.17 bits per heavy atom. The highest BCUT2D eigenvalue weighted by molar-refractivity contribution is 6.30. The minimum atomic E-state index is -0.617. The van der Waals surface area contributed by atoms with Crippen molar-refractivity contribution in [1.82, 2.24) is 20.4 Å². The topological polar surface area (TPSA) is 81.8 Å². The standard InChI is InChI=1S/C22H27ClN4O3/c1-4-10-27-17-12-26(13-18(28)24-9-8-14(2)3)21(29)19(17)20(25-22(27)30)15-6-5-7-16(23)11-15/h4-7,11,14,20H,1,8-10,12-13H2,2-3H3,(H,24,28)(H,25,30). The Bertz CT molecular complexity index is 896. The average Bonchev–Trinajstić information content (AvgIpc) is 3.00. The van der Waals surface area contributed by atoms with E-state index in [1.54, 1.807) is 24.3 Å². The number of benzene rings is 1. The first-order valence-electron chi connectivity index (χ1n) is 10.0. The third kappa shape index (κ3) is 4.67. The summed E-state index contributed by atoms with van der Waals surface area (Å²) in [5, 5.41) is 6.27. The van der Waals surface area contributed by atoms with Gasteiger partial charge in [0.1, 0.15) is 6.54 Å². The number of urea groups is 1. The van der Waals surface area contributed by atoms with Crippen LogP contribution in [0.4, 0.5) is 4.79 Å². The smallest absolute Gasteiger partial charge is 0.322 e. The molecule has 4 amide bonds. The third-order valence-electron chi connectivity index (χ3n) is 5.17. The number of hydrogen-bond acceptors (Lipinski definition) is 3. The molecule has 0 aliphatic carbocycles. The fraction of sp³-hybridized carbons (Fsp3) is 0.409. The maximum Gasteiger partial charge on any atom is 0.322 e. The van der Waals surface area contributed by atoms with Gasteiger partial charge >= 0.3 is 6.03 Å². The van der Waals surface area contributed by atoms with Gasteiger partial charge in [0.25, 0.3) is 5.91 Å². The van der Waals surface area contributed by atoms with Gasteiger partial charge in [-0.15, -0.1) is 6.58 Å². The number of carbonyl (C=O) groups is 3. The fourth-order valence-corrected chi connectivity index (χ4v) is 3.86. The van der Waals surface area contributed by atoms with E-state index >= 15 is 0 Å². The zero-order valence-electron chi connectivity index (χ0n) is 17.3. The largest absolute Gasteiger partial charge is 0.355 e. The summed E-state index contributed by atoms with van der Waals surface area (Å²) in [6.07, 6.45) is 2.48. The monoisotopic (exact) mass is 430 g/mol. The molecule has 1 aromatic carbocycles. The molecule has 3 rings (SSSR count). The van der Waals surface area contributed by atoms with E-state index in [1.165, 1.54) is 9.80 Å². The summed E-state index contributed by atoms with van der Waals surface area (Å²) in [6, 6.07) is 6.13. The van der Waals surface area contributed by atoms with E-state index in [9.17, 15) is 14.4 Å². The number of carbonyl (C=O) groups excluding carboxylic acids is 3. The maximum absolute atomic E-state index is 13.2. The first kappa shape index (κ1) is 21.9. The predicted molar refractivity (Wildman–Crippen MR) is 116 cm³/mol. The Labute approximate surface area is 181 Å². The molecule has 0 radical (unpaired) electrons. The Kier molecular flexibility index (Phi) is 6.82. The van der Waals surface area contributed by atoms with Crippen LogP contribution in [0.25, 0.3) is 0 Å². The summed E-state index contributed by atoms with van der Waals surface area (Å²) in [4.78, 5) is 41.3. The van der Waals surface area contributed by atoms with Crippen LogP contribution in [0.2, 0.25) is 5.02 Å². The van der Waals surface area contributed by atoms with Crippen LogP contribution in [0.1, 0.15) is 31.9 Å². The van der Waals surface area contributed by atoms with E-state index < -0.39 is 6.04 Å². The summed E-state index contributed by atoms with van der Waals surface area (Å²) in [5.41, 5.74) is 1.79. The molecule has 1 atom stereocenters. The lowest BCUT2D eigenvalue weighted by Crippen LogP contribution is -2.47. The summed E-state index contributed by atoms with van der Waals surface area (Å²) >= 11 is 6.13. The number of nitrogens with zero attached hydrogens (tertiary/aromatic N) is 2. The van der Waals surface area contributed by atoms with Gasteiger partial charge in [0.05, 0.1) is 23.9 Å². The quantitative estimate of drug-likeness (QED) is 0.622. The van der Waals surface area contributed by atoms with Crippen LogP contribution < -0.4 is 10.6 Å². The van der Waals surface area contributed by atoms with Gasteiger partial charge in [-0.05, 0) is 30.0 Å². The Hall–Kier alpha value is -2.80. The Balaban J connectivity index is 1.84. The van der Waals surface area contributed by atoms with Gasteiger partial charge in [-0.2, -0.15) is 0 Å². The van der Waals surface area contributed by atoms with Crippen molar-refractivity contribution in [3.8, 4) is 0 Å². The van der Waals surface area contributed by atoms with Gasteiger partial charge in [-0.1, -0.05) is 43.7 Å². The predicted octanol–water partition coefficient (Wildman–Crippen LogP) is 2.85. The van der Waals surface area contributed by atoms with E-state index in [2.05, 4.69) is 31.1 Å². The normalized spacial score (nSPS) is 18.6. The molecule has 2 aliphatic rings. The van der Waals surface area contributed by atoms with Crippen molar-refractivity contribution in [1.29, 1.82) is 0 Å². The highest BCUT2D eigenvalue weighted by atomic mass is 35.5. The van der Waals surface area contributed by atoms with Crippen LogP contribution in [0, 0.1) is 5.92 Å². The maximum atomic E-state index is 13.2. The number of nitrogens with one attached hydrogen (secondary N) is 2. The first-order chi connectivity index (χ1) is 14.3. The third-order valence-corrected chi connectivity index (χ3v) is 5.40. The molecule has 160 valence electrons. The van der Waals surface area contributed by atoms with Gasteiger partial charge in [0.2, 0.25) is 5.91 Å². The minimum Gasteiger partial charge on any atom is -0.355 e. The molecule has 2 heterocycles. The molecule has 30 heavy (non-hydrogen) atoms. The number of rotatable bonds is 8. The van der Waals surface area contributed by atoms with Crippen LogP contribution in [0.5, 0.6) is 0 Å². The molecule has 0 fully saturated rings. The molecular formula is C22H27ClN4O3. The molecule has 2 aliphatic heterocycles. The summed E-state index contributed by atoms with van der Waals surface area (Å²) < 4.78 is 0. The lowest BCUT2D eigenvalue weighted by Gasteiger charge is -2.33. The van der Waals surface area contributed by atoms with E-state index in [1.807, 2.05) is 6.07 Å². The summed E-state index contributed by atoms with van der Waals surface area (Å²) in [5.74, 6) is 0.0106. The molecule has 2 N–H and O–H groups in total. The molecule has 0 spiro atoms. The molecule has 0 saturated heterocycles. The van der Waals surface area contributed by atoms with Crippen molar-refractivity contribution >= 4 is 29.4 Å². The first-order valence-corrected chi connectivity index (χ1v) is 10.4. The van der Waals surface area contributed by atoms with E-state index in [0.29, 0.717) is 28.8 Å². The number of amides is 4. The lowest BCUT2D eigenvalue weighted by molar-refractivity contribution is -0.131. The molecule has 1 aromatic rings. The number of halogens is 1. The van der Waals surface area contributed by atoms with Gasteiger partial charge in [0, 0.05) is 18.1 Å². The summed E-state index contributed by atoms with van der Waals surface area (Å²) in [7, 11) is 0. The zero-order chi connectivity index (χ0) is 21.8. The molecular weight excluding hydrogens is 404 g/mol. The fourth-order valence-electron chi connectivity index (χ4n) is 3.66. The SMILES string of the molecule is C=CCN1C(=O)NC(c2cccc(Cl)c2)C2=C1CN(CC(=O)NCCC(C)C)C2=O. The Morgan fingerprint density at radius 3 is 2.83 bits per heavy atom. The second kappa shape index (κ2) is 9.34. The van der Waals surface area contributed by atoms with Crippen molar-refractivity contribution in [3.63, 3.8) is 0 Å². The van der Waals surface area contributed by atoms with Gasteiger partial charge in [-0.3, -0.25) is 14.5 Å². The van der Waals surface area contributed by atoms with Crippen LogP contribution in [-0.4, -0.2) is 53.8 Å². The number of hydrogen-bond donors (Lipinski definition) is 2. The molecule has 1 unspecified atom stereocenters. The van der Waals surface area contributed by atoms with Crippen molar-refractivity contribution in [2.45, 2.75) is 26.3 Å². The lowest BCUT2D eigenvalue weighted by atomic mass is 9.95. The highest BCUT2D eigenvalue weighted by Crippen LogP contribution is 2.36. The highest BCUT2D eigenvalue weighted by Gasteiger charge is 2.44. The average molecular weight is 431 g/mol. The van der Waals surface area contributed by atoms with Crippen LogP contribution >= 0.6 is 11.6 Å². The van der Waals surface area contributed by atoms with E-state index in [-0.39, 0.29) is 37.5 Å². The van der Waals surface area contributed by atoms with Gasteiger partial charge in [0.15, 0.2) is 0 Å². The van der Waals surface area contributed by atoms with E-state index in [4.69, 9.17) is 11.6 Å². The van der Waals surface area contributed by atoms with Crippen molar-refractivity contribution in [2.75, 3.05) is 26.2 Å².